The fraction of sp³-hybridized carbons (Fsp3) is 0.238. The van der Waals surface area contributed by atoms with Crippen LogP contribution in [0.25, 0.3) is 0 Å². The molecule has 0 amide bonds. The monoisotopic (exact) mass is 414 g/mol. The maximum absolute atomic E-state index is 14.0. The Morgan fingerprint density at radius 3 is 2.37 bits per heavy atom. The highest BCUT2D eigenvalue weighted by molar-refractivity contribution is 5.96. The van der Waals surface area contributed by atoms with E-state index in [1.165, 1.54) is 12.1 Å². The van der Waals surface area contributed by atoms with Crippen molar-refractivity contribution in [3.63, 3.8) is 0 Å². The molecule has 154 valence electrons. The van der Waals surface area contributed by atoms with Gasteiger partial charge in [-0.2, -0.15) is 23.5 Å². The number of hydrazone groups is 1. The third kappa shape index (κ3) is 3.20. The van der Waals surface area contributed by atoms with Crippen LogP contribution in [0.15, 0.2) is 71.2 Å². The van der Waals surface area contributed by atoms with Gasteiger partial charge in [-0.1, -0.05) is 30.3 Å². The summed E-state index contributed by atoms with van der Waals surface area (Å²) in [6.45, 7) is 0. The second-order valence-corrected chi connectivity index (χ2v) is 6.84. The van der Waals surface area contributed by atoms with Crippen molar-refractivity contribution in [2.75, 3.05) is 12.1 Å². The second-order valence-electron chi connectivity index (χ2n) is 6.84. The van der Waals surface area contributed by atoms with Gasteiger partial charge in [-0.25, -0.2) is 5.01 Å². The first-order valence-electron chi connectivity index (χ1n) is 9.05. The molecule has 0 fully saturated rings. The topological polar surface area (TPSA) is 83.9 Å². The predicted octanol–water partition coefficient (Wildman–Crippen LogP) is 3.88. The Labute approximate surface area is 170 Å². The molecule has 6 nitrogen and oxygen atoms in total. The number of benzene rings is 2. The Balaban J connectivity index is 1.88. The molecule has 0 spiro atoms. The Hall–Kier alpha value is -3.67. The van der Waals surface area contributed by atoms with Crippen molar-refractivity contribution >= 4 is 11.4 Å². The van der Waals surface area contributed by atoms with Crippen LogP contribution in [-0.4, -0.2) is 25.2 Å². The summed E-state index contributed by atoms with van der Waals surface area (Å²) in [5.74, 6) is -1.92. The third-order valence-corrected chi connectivity index (χ3v) is 5.17. The number of alkyl halides is 3. The van der Waals surface area contributed by atoms with Crippen LogP contribution in [0.1, 0.15) is 11.5 Å². The van der Waals surface area contributed by atoms with Crippen LogP contribution in [0.3, 0.4) is 0 Å². The summed E-state index contributed by atoms with van der Waals surface area (Å²) in [6, 6.07) is 16.8. The van der Waals surface area contributed by atoms with Gasteiger partial charge < -0.3 is 15.2 Å². The lowest BCUT2D eigenvalue weighted by Gasteiger charge is -2.37. The molecule has 0 radical (unpaired) electrons. The van der Waals surface area contributed by atoms with Crippen molar-refractivity contribution in [3.8, 4) is 11.8 Å². The van der Waals surface area contributed by atoms with E-state index in [4.69, 9.17) is 15.2 Å². The first kappa shape index (κ1) is 19.6. The van der Waals surface area contributed by atoms with Gasteiger partial charge in [0.1, 0.15) is 11.8 Å². The lowest BCUT2D eigenvalue weighted by Crippen LogP contribution is -2.46. The van der Waals surface area contributed by atoms with Gasteiger partial charge in [0.15, 0.2) is 5.71 Å². The average Bonchev–Trinajstić information content (AvgIpc) is 3.13. The number of para-hydroxylation sites is 1. The molecule has 0 saturated heterocycles. The normalized spacial score (nSPS) is 23.4. The van der Waals surface area contributed by atoms with E-state index in [0.29, 0.717) is 17.0 Å². The molecule has 2 aromatic carbocycles. The van der Waals surface area contributed by atoms with E-state index in [1.54, 1.807) is 54.6 Å². The van der Waals surface area contributed by atoms with Gasteiger partial charge in [-0.05, 0) is 29.8 Å². The first-order valence-corrected chi connectivity index (χ1v) is 9.05. The first-order chi connectivity index (χ1) is 14.3. The van der Waals surface area contributed by atoms with Crippen molar-refractivity contribution < 1.29 is 22.6 Å². The Morgan fingerprint density at radius 1 is 1.13 bits per heavy atom. The van der Waals surface area contributed by atoms with Crippen molar-refractivity contribution in [2.24, 2.45) is 16.8 Å². The van der Waals surface area contributed by atoms with Crippen molar-refractivity contribution in [1.82, 2.24) is 0 Å². The quantitative estimate of drug-likeness (QED) is 0.824. The highest BCUT2D eigenvalue weighted by Crippen LogP contribution is 2.48. The molecule has 0 aliphatic carbocycles. The Morgan fingerprint density at radius 2 is 1.80 bits per heavy atom. The van der Waals surface area contributed by atoms with E-state index in [9.17, 15) is 18.4 Å². The molecular formula is C21H17F3N4O2. The van der Waals surface area contributed by atoms with Crippen LogP contribution in [0.2, 0.25) is 0 Å². The molecule has 0 bridgehead atoms. The molecule has 2 heterocycles. The summed E-state index contributed by atoms with van der Waals surface area (Å²) in [7, 11) is 1.49. The zero-order valence-electron chi connectivity index (χ0n) is 15.8. The van der Waals surface area contributed by atoms with E-state index in [2.05, 4.69) is 5.10 Å². The number of methoxy groups -OCH3 is 1. The van der Waals surface area contributed by atoms with Gasteiger partial charge in [0.2, 0.25) is 12.1 Å². The molecular weight excluding hydrogens is 397 g/mol. The van der Waals surface area contributed by atoms with E-state index >= 15 is 0 Å². The smallest absolute Gasteiger partial charge is 0.431 e. The van der Waals surface area contributed by atoms with Gasteiger partial charge >= 0.3 is 6.18 Å². The number of anilines is 1. The minimum atomic E-state index is -4.72. The van der Waals surface area contributed by atoms with Gasteiger partial charge in [0, 0.05) is 5.92 Å². The summed E-state index contributed by atoms with van der Waals surface area (Å²) >= 11 is 0. The van der Waals surface area contributed by atoms with Gasteiger partial charge in [-0.15, -0.1) is 0 Å². The zero-order valence-corrected chi connectivity index (χ0v) is 15.8. The SMILES string of the molecule is COc1ccc(C2C(C#N)=C(N)OC3C2C(C(F)(F)F)=NN3c2ccccc2)cc1. The number of nitriles is 1. The number of rotatable bonds is 3. The summed E-state index contributed by atoms with van der Waals surface area (Å²) in [5.41, 5.74) is 5.81. The maximum Gasteiger partial charge on any atom is 0.431 e. The minimum absolute atomic E-state index is 0.0618. The molecule has 3 atom stereocenters. The molecule has 2 aliphatic heterocycles. The van der Waals surface area contributed by atoms with E-state index < -0.39 is 30.0 Å². The summed E-state index contributed by atoms with van der Waals surface area (Å²) in [6.07, 6.45) is -5.86. The van der Waals surface area contributed by atoms with Crippen LogP contribution >= 0.6 is 0 Å². The molecule has 4 rings (SSSR count). The fourth-order valence-electron chi connectivity index (χ4n) is 3.84. The van der Waals surface area contributed by atoms with Crippen LogP contribution in [-0.2, 0) is 4.74 Å². The molecule has 2 N–H and O–H groups in total. The highest BCUT2D eigenvalue weighted by atomic mass is 19.4. The zero-order chi connectivity index (χ0) is 21.5. The number of ether oxygens (including phenoxy) is 2. The summed E-state index contributed by atoms with van der Waals surface area (Å²) < 4.78 is 52.7. The molecule has 30 heavy (non-hydrogen) atoms. The van der Waals surface area contributed by atoms with E-state index in [-0.39, 0.29) is 11.5 Å². The summed E-state index contributed by atoms with van der Waals surface area (Å²) in [5, 5.41) is 14.7. The van der Waals surface area contributed by atoms with E-state index in [0.717, 1.165) is 0 Å². The van der Waals surface area contributed by atoms with Crippen molar-refractivity contribution in [3.05, 3.63) is 71.6 Å². The van der Waals surface area contributed by atoms with Gasteiger partial charge in [-0.3, -0.25) is 0 Å². The third-order valence-electron chi connectivity index (χ3n) is 5.17. The molecule has 0 saturated carbocycles. The molecule has 3 unspecified atom stereocenters. The highest BCUT2D eigenvalue weighted by Gasteiger charge is 2.57. The lowest BCUT2D eigenvalue weighted by atomic mass is 9.76. The number of fused-ring (bicyclic) bond motifs is 1. The average molecular weight is 414 g/mol. The number of allylic oxidation sites excluding steroid dienone is 1. The number of nitrogens with two attached hydrogens (primary N) is 1. The van der Waals surface area contributed by atoms with Crippen LogP contribution in [0.4, 0.5) is 18.9 Å². The largest absolute Gasteiger partial charge is 0.497 e. The molecule has 2 aromatic rings. The minimum Gasteiger partial charge on any atom is -0.497 e. The van der Waals surface area contributed by atoms with Crippen LogP contribution in [0.5, 0.6) is 5.75 Å². The van der Waals surface area contributed by atoms with Gasteiger partial charge in [0.25, 0.3) is 0 Å². The van der Waals surface area contributed by atoms with E-state index in [1.807, 2.05) is 6.07 Å². The number of nitrogens with zero attached hydrogens (tertiary/aromatic N) is 3. The predicted molar refractivity (Wildman–Crippen MR) is 103 cm³/mol. The Bertz CT molecular complexity index is 1040. The van der Waals surface area contributed by atoms with Crippen molar-refractivity contribution in [1.29, 1.82) is 5.26 Å². The van der Waals surface area contributed by atoms with Crippen molar-refractivity contribution in [2.45, 2.75) is 18.3 Å². The van der Waals surface area contributed by atoms with Gasteiger partial charge in [0.05, 0.1) is 24.3 Å². The molecule has 0 aromatic heterocycles. The number of hydrogen-bond acceptors (Lipinski definition) is 6. The molecule has 9 heteroatoms. The lowest BCUT2D eigenvalue weighted by molar-refractivity contribution is -0.0658. The number of hydrogen-bond donors (Lipinski definition) is 1. The fourth-order valence-corrected chi connectivity index (χ4v) is 3.84. The molecule has 2 aliphatic rings. The standard InChI is InChI=1S/C21H17F3N4O2/c1-29-14-9-7-12(8-10-14)16-15(11-25)19(26)30-20-17(16)18(21(22,23)24)27-28(20)13-5-3-2-4-6-13/h2-10,16-17,20H,26H2,1H3. The number of halogens is 3. The van der Waals surface area contributed by atoms with Crippen LogP contribution < -0.4 is 15.5 Å². The summed E-state index contributed by atoms with van der Waals surface area (Å²) in [4.78, 5) is 0. The van der Waals surface area contributed by atoms with Crippen LogP contribution in [0, 0.1) is 17.2 Å². The maximum atomic E-state index is 14.0. The second kappa shape index (κ2) is 7.30. The Kier molecular flexibility index (Phi) is 4.78.